The maximum Gasteiger partial charge on any atom is 0.321 e. The molecule has 0 unspecified atom stereocenters. The first-order chi connectivity index (χ1) is 6.25. The first-order valence-corrected chi connectivity index (χ1v) is 4.86. The van der Waals surface area contributed by atoms with Crippen LogP contribution in [0, 0.1) is 0 Å². The molecule has 1 fully saturated rings. The fraction of sp³-hybridized carbons (Fsp3) is 0.778. The van der Waals surface area contributed by atoms with E-state index in [9.17, 15) is 0 Å². The molecule has 72 valence electrons. The molecule has 0 spiro atoms. The van der Waals surface area contributed by atoms with Gasteiger partial charge in [0, 0.05) is 12.0 Å². The minimum absolute atomic E-state index is 0.334. The van der Waals surface area contributed by atoms with E-state index >= 15 is 0 Å². The Kier molecular flexibility index (Phi) is 2.20. The van der Waals surface area contributed by atoms with E-state index in [2.05, 4.69) is 29.3 Å². The third kappa shape index (κ3) is 1.82. The van der Waals surface area contributed by atoms with Crippen LogP contribution in [0.2, 0.25) is 0 Å². The molecule has 0 saturated heterocycles. The summed E-state index contributed by atoms with van der Waals surface area (Å²) < 4.78 is 5.06. The summed E-state index contributed by atoms with van der Waals surface area (Å²) in [6.45, 7) is 4.11. The Morgan fingerprint density at radius 1 is 1.46 bits per heavy atom. The fourth-order valence-corrected chi connectivity index (χ4v) is 1.26. The van der Waals surface area contributed by atoms with Crippen molar-refractivity contribution in [1.29, 1.82) is 0 Å². The lowest BCUT2D eigenvalue weighted by molar-refractivity contribution is 0.390. The van der Waals surface area contributed by atoms with Crippen molar-refractivity contribution in [2.24, 2.45) is 0 Å². The minimum Gasteiger partial charge on any atom is -0.335 e. The van der Waals surface area contributed by atoms with Crippen LogP contribution >= 0.6 is 0 Å². The van der Waals surface area contributed by atoms with Crippen molar-refractivity contribution in [3.05, 3.63) is 5.82 Å². The summed E-state index contributed by atoms with van der Waals surface area (Å²) in [6, 6.07) is 1.13. The van der Waals surface area contributed by atoms with Crippen LogP contribution in [-0.2, 0) is 0 Å². The molecule has 1 N–H and O–H groups in total. The minimum atomic E-state index is 0.334. The first-order valence-electron chi connectivity index (χ1n) is 4.86. The summed E-state index contributed by atoms with van der Waals surface area (Å²) in [6.07, 6.45) is 3.75. The number of aromatic nitrogens is 2. The lowest BCUT2D eigenvalue weighted by Crippen LogP contribution is -2.27. The molecular weight excluding hydrogens is 166 g/mol. The molecule has 0 atom stereocenters. The normalized spacial score (nSPS) is 17.5. The number of hydrogen-bond donors (Lipinski definition) is 1. The van der Waals surface area contributed by atoms with Crippen LogP contribution in [0.3, 0.4) is 0 Å². The highest BCUT2D eigenvalue weighted by molar-refractivity contribution is 5.22. The van der Waals surface area contributed by atoms with Gasteiger partial charge < -0.3 is 9.84 Å². The summed E-state index contributed by atoms with van der Waals surface area (Å²) in [7, 11) is 0. The lowest BCUT2D eigenvalue weighted by Gasteiger charge is -2.24. The Morgan fingerprint density at radius 3 is 2.69 bits per heavy atom. The van der Waals surface area contributed by atoms with Gasteiger partial charge in [-0.1, -0.05) is 19.0 Å². The smallest absolute Gasteiger partial charge is 0.321 e. The summed E-state index contributed by atoms with van der Waals surface area (Å²) in [5.74, 6) is 1.11. The molecule has 1 heterocycles. The van der Waals surface area contributed by atoms with Crippen LogP contribution in [0.25, 0.3) is 0 Å². The average molecular weight is 181 g/mol. The summed E-state index contributed by atoms with van der Waals surface area (Å²) in [5.41, 5.74) is 0. The van der Waals surface area contributed by atoms with Crippen LogP contribution in [0.1, 0.15) is 44.9 Å². The van der Waals surface area contributed by atoms with E-state index in [1.54, 1.807) is 0 Å². The third-order valence-corrected chi connectivity index (χ3v) is 2.39. The van der Waals surface area contributed by atoms with Gasteiger partial charge in [-0.2, -0.15) is 4.98 Å². The van der Waals surface area contributed by atoms with Crippen molar-refractivity contribution in [2.45, 2.75) is 45.1 Å². The highest BCUT2D eigenvalue weighted by atomic mass is 16.5. The van der Waals surface area contributed by atoms with Gasteiger partial charge >= 0.3 is 6.01 Å². The Hall–Kier alpha value is -1.06. The van der Waals surface area contributed by atoms with E-state index in [1.807, 2.05) is 0 Å². The Morgan fingerprint density at radius 2 is 2.23 bits per heavy atom. The zero-order valence-electron chi connectivity index (χ0n) is 8.08. The molecule has 4 nitrogen and oxygen atoms in total. The Bertz CT molecular complexity index is 278. The Balaban J connectivity index is 1.96. The number of nitrogens with one attached hydrogen (secondary N) is 1. The molecule has 0 bridgehead atoms. The molecule has 1 aliphatic carbocycles. The van der Waals surface area contributed by atoms with E-state index in [-0.39, 0.29) is 0 Å². The van der Waals surface area contributed by atoms with Crippen molar-refractivity contribution in [3.63, 3.8) is 0 Å². The molecule has 4 heteroatoms. The molecule has 1 aromatic rings. The number of hydrogen-bond acceptors (Lipinski definition) is 4. The Labute approximate surface area is 77.7 Å². The second-order valence-corrected chi connectivity index (χ2v) is 3.88. The second-order valence-electron chi connectivity index (χ2n) is 3.88. The molecule has 1 aromatic heterocycles. The summed E-state index contributed by atoms with van der Waals surface area (Å²) in [4.78, 5) is 4.24. The molecule has 2 rings (SSSR count). The number of rotatable bonds is 3. The highest BCUT2D eigenvalue weighted by Crippen LogP contribution is 2.22. The van der Waals surface area contributed by atoms with Crippen LogP contribution in [0.15, 0.2) is 4.52 Å². The van der Waals surface area contributed by atoms with Crippen LogP contribution in [0.5, 0.6) is 0 Å². The van der Waals surface area contributed by atoms with Crippen LogP contribution in [-0.4, -0.2) is 16.2 Å². The van der Waals surface area contributed by atoms with Gasteiger partial charge in [0.05, 0.1) is 0 Å². The van der Waals surface area contributed by atoms with Gasteiger partial charge in [0.25, 0.3) is 0 Å². The first kappa shape index (κ1) is 8.53. The van der Waals surface area contributed by atoms with Gasteiger partial charge in [0.15, 0.2) is 5.82 Å². The monoisotopic (exact) mass is 181 g/mol. The number of anilines is 1. The quantitative estimate of drug-likeness (QED) is 0.776. The van der Waals surface area contributed by atoms with Gasteiger partial charge in [-0.25, -0.2) is 0 Å². The van der Waals surface area contributed by atoms with Crippen molar-refractivity contribution in [2.75, 3.05) is 5.32 Å². The van der Waals surface area contributed by atoms with Crippen molar-refractivity contribution < 1.29 is 4.52 Å². The average Bonchev–Trinajstić information content (AvgIpc) is 2.44. The van der Waals surface area contributed by atoms with Crippen molar-refractivity contribution in [3.8, 4) is 0 Å². The van der Waals surface area contributed by atoms with Crippen molar-refractivity contribution >= 4 is 6.01 Å². The van der Waals surface area contributed by atoms with Crippen LogP contribution < -0.4 is 5.32 Å². The maximum atomic E-state index is 5.06. The molecule has 1 aliphatic rings. The van der Waals surface area contributed by atoms with Crippen molar-refractivity contribution in [1.82, 2.24) is 10.1 Å². The van der Waals surface area contributed by atoms with Gasteiger partial charge in [-0.3, -0.25) is 0 Å². The summed E-state index contributed by atoms with van der Waals surface area (Å²) in [5, 5.41) is 7.09. The fourth-order valence-electron chi connectivity index (χ4n) is 1.26. The molecule has 0 aromatic carbocycles. The lowest BCUT2D eigenvalue weighted by atomic mass is 9.93. The molecule has 1 saturated carbocycles. The molecule has 0 amide bonds. The molecular formula is C9H15N3O. The van der Waals surface area contributed by atoms with Gasteiger partial charge in [0.1, 0.15) is 0 Å². The molecule has 13 heavy (non-hydrogen) atoms. The predicted molar refractivity (Wildman–Crippen MR) is 49.6 cm³/mol. The van der Waals surface area contributed by atoms with E-state index in [4.69, 9.17) is 4.52 Å². The van der Waals surface area contributed by atoms with Gasteiger partial charge in [-0.15, -0.1) is 0 Å². The predicted octanol–water partition coefficient (Wildman–Crippen LogP) is 2.16. The van der Waals surface area contributed by atoms with Crippen LogP contribution in [0.4, 0.5) is 6.01 Å². The largest absolute Gasteiger partial charge is 0.335 e. The SMILES string of the molecule is CC(C)c1noc(NC2CCC2)n1. The zero-order chi connectivity index (χ0) is 9.26. The highest BCUT2D eigenvalue weighted by Gasteiger charge is 2.19. The molecule has 0 aliphatic heterocycles. The second kappa shape index (κ2) is 3.36. The summed E-state index contributed by atoms with van der Waals surface area (Å²) >= 11 is 0. The van der Waals surface area contributed by atoms with E-state index in [1.165, 1.54) is 19.3 Å². The van der Waals surface area contributed by atoms with E-state index in [0.717, 1.165) is 5.82 Å². The van der Waals surface area contributed by atoms with E-state index < -0.39 is 0 Å². The number of nitrogens with zero attached hydrogens (tertiary/aromatic N) is 2. The molecule has 0 radical (unpaired) electrons. The maximum absolute atomic E-state index is 5.06. The van der Waals surface area contributed by atoms with Gasteiger partial charge in [0.2, 0.25) is 0 Å². The standard InChI is InChI=1S/C9H15N3O/c1-6(2)8-11-9(13-12-8)10-7-4-3-5-7/h6-7H,3-5H2,1-2H3,(H,10,11,12). The van der Waals surface area contributed by atoms with Gasteiger partial charge in [-0.05, 0) is 19.3 Å². The zero-order valence-corrected chi connectivity index (χ0v) is 8.08. The topological polar surface area (TPSA) is 51.0 Å². The van der Waals surface area contributed by atoms with E-state index in [0.29, 0.717) is 18.0 Å². The third-order valence-electron chi connectivity index (χ3n) is 2.39.